The van der Waals surface area contributed by atoms with E-state index in [1.165, 1.54) is 24.3 Å². The standard InChI is InChI=1S/C15H11F3O2/c1-9-5-11(7-12(6-9)14(19)20)10-3-2-4-13(8-10)15(16,17)18/h2-8H,1H3,(H,19,20). The van der Waals surface area contributed by atoms with E-state index in [0.717, 1.165) is 12.1 Å². The average molecular weight is 280 g/mol. The number of carboxylic acid groups (broad SMARTS) is 1. The van der Waals surface area contributed by atoms with Gasteiger partial charge in [0.2, 0.25) is 0 Å². The van der Waals surface area contributed by atoms with Crippen molar-refractivity contribution in [2.24, 2.45) is 0 Å². The van der Waals surface area contributed by atoms with E-state index in [-0.39, 0.29) is 5.56 Å². The molecule has 1 N–H and O–H groups in total. The predicted molar refractivity (Wildman–Crippen MR) is 68.6 cm³/mol. The monoisotopic (exact) mass is 280 g/mol. The van der Waals surface area contributed by atoms with E-state index in [2.05, 4.69) is 0 Å². The van der Waals surface area contributed by atoms with Gasteiger partial charge in [-0.1, -0.05) is 18.2 Å². The molecule has 2 rings (SSSR count). The average Bonchev–Trinajstić information content (AvgIpc) is 2.37. The van der Waals surface area contributed by atoms with Gasteiger partial charge in [-0.3, -0.25) is 0 Å². The van der Waals surface area contributed by atoms with Crippen LogP contribution in [0.1, 0.15) is 21.5 Å². The van der Waals surface area contributed by atoms with Crippen molar-refractivity contribution in [3.8, 4) is 11.1 Å². The third-order valence-electron chi connectivity index (χ3n) is 2.85. The molecule has 0 aliphatic rings. The van der Waals surface area contributed by atoms with E-state index >= 15 is 0 Å². The van der Waals surface area contributed by atoms with Crippen LogP contribution < -0.4 is 0 Å². The number of carboxylic acids is 1. The molecule has 0 bridgehead atoms. The maximum absolute atomic E-state index is 12.7. The number of alkyl halides is 3. The lowest BCUT2D eigenvalue weighted by atomic mass is 9.98. The normalized spacial score (nSPS) is 11.4. The van der Waals surface area contributed by atoms with E-state index in [1.54, 1.807) is 13.0 Å². The van der Waals surface area contributed by atoms with E-state index < -0.39 is 17.7 Å². The fraction of sp³-hybridized carbons (Fsp3) is 0.133. The molecule has 0 aromatic heterocycles. The number of benzene rings is 2. The van der Waals surface area contributed by atoms with Crippen molar-refractivity contribution in [1.82, 2.24) is 0 Å². The maximum Gasteiger partial charge on any atom is 0.416 e. The summed E-state index contributed by atoms with van der Waals surface area (Å²) < 4.78 is 38.0. The van der Waals surface area contributed by atoms with Gasteiger partial charge in [-0.15, -0.1) is 0 Å². The summed E-state index contributed by atoms with van der Waals surface area (Å²) in [5, 5.41) is 8.98. The maximum atomic E-state index is 12.7. The zero-order valence-electron chi connectivity index (χ0n) is 10.5. The Balaban J connectivity index is 2.54. The third-order valence-corrected chi connectivity index (χ3v) is 2.85. The molecule has 0 fully saturated rings. The Morgan fingerprint density at radius 2 is 1.75 bits per heavy atom. The number of carbonyl (C=O) groups is 1. The summed E-state index contributed by atoms with van der Waals surface area (Å²) in [6, 6.07) is 9.32. The lowest BCUT2D eigenvalue weighted by molar-refractivity contribution is -0.137. The Kier molecular flexibility index (Phi) is 3.53. The second-order valence-corrected chi connectivity index (χ2v) is 4.47. The molecule has 20 heavy (non-hydrogen) atoms. The fourth-order valence-electron chi connectivity index (χ4n) is 1.95. The van der Waals surface area contributed by atoms with Crippen LogP contribution in [-0.4, -0.2) is 11.1 Å². The van der Waals surface area contributed by atoms with Crippen LogP contribution >= 0.6 is 0 Å². The number of aryl methyl sites for hydroxylation is 1. The van der Waals surface area contributed by atoms with Gasteiger partial charge >= 0.3 is 12.1 Å². The molecule has 0 spiro atoms. The van der Waals surface area contributed by atoms with Crippen molar-refractivity contribution < 1.29 is 23.1 Å². The lowest BCUT2D eigenvalue weighted by Crippen LogP contribution is -2.04. The topological polar surface area (TPSA) is 37.3 Å². The Hall–Kier alpha value is -2.30. The van der Waals surface area contributed by atoms with Gasteiger partial charge in [0.05, 0.1) is 11.1 Å². The van der Waals surface area contributed by atoms with Crippen LogP contribution in [0.15, 0.2) is 42.5 Å². The van der Waals surface area contributed by atoms with E-state index in [9.17, 15) is 18.0 Å². The van der Waals surface area contributed by atoms with Crippen LogP contribution in [0, 0.1) is 6.92 Å². The molecule has 0 amide bonds. The zero-order valence-corrected chi connectivity index (χ0v) is 10.5. The molecule has 0 atom stereocenters. The molecule has 0 unspecified atom stereocenters. The molecule has 5 heteroatoms. The number of aromatic carboxylic acids is 1. The van der Waals surface area contributed by atoms with Crippen LogP contribution in [-0.2, 0) is 6.18 Å². The smallest absolute Gasteiger partial charge is 0.416 e. The summed E-state index contributed by atoms with van der Waals surface area (Å²) >= 11 is 0. The van der Waals surface area contributed by atoms with Crippen molar-refractivity contribution in [3.05, 3.63) is 59.2 Å². The first-order chi connectivity index (χ1) is 9.27. The first-order valence-corrected chi connectivity index (χ1v) is 5.80. The third kappa shape index (κ3) is 2.99. The van der Waals surface area contributed by atoms with Crippen molar-refractivity contribution in [2.75, 3.05) is 0 Å². The highest BCUT2D eigenvalue weighted by molar-refractivity contribution is 5.89. The summed E-state index contributed by atoms with van der Waals surface area (Å²) in [5.41, 5.74) is 0.766. The summed E-state index contributed by atoms with van der Waals surface area (Å²) in [7, 11) is 0. The summed E-state index contributed by atoms with van der Waals surface area (Å²) in [5.74, 6) is -1.11. The summed E-state index contributed by atoms with van der Waals surface area (Å²) in [4.78, 5) is 11.0. The molecular formula is C15H11F3O2. The molecule has 2 nitrogen and oxygen atoms in total. The second kappa shape index (κ2) is 5.00. The van der Waals surface area contributed by atoms with Crippen LogP contribution in [0.4, 0.5) is 13.2 Å². The van der Waals surface area contributed by atoms with E-state index in [0.29, 0.717) is 16.7 Å². The number of hydrogen-bond donors (Lipinski definition) is 1. The molecule has 0 aliphatic carbocycles. The van der Waals surface area contributed by atoms with Crippen molar-refractivity contribution in [1.29, 1.82) is 0 Å². The molecule has 0 saturated heterocycles. The molecule has 0 saturated carbocycles. The molecular weight excluding hydrogens is 269 g/mol. The van der Waals surface area contributed by atoms with Crippen molar-refractivity contribution in [2.45, 2.75) is 13.1 Å². The highest BCUT2D eigenvalue weighted by Crippen LogP contribution is 2.32. The fourth-order valence-corrected chi connectivity index (χ4v) is 1.95. The first kappa shape index (κ1) is 14.1. The molecule has 104 valence electrons. The van der Waals surface area contributed by atoms with Gasteiger partial charge in [-0.2, -0.15) is 13.2 Å². The SMILES string of the molecule is Cc1cc(C(=O)O)cc(-c2cccc(C(F)(F)F)c2)c1. The zero-order chi connectivity index (χ0) is 14.9. The second-order valence-electron chi connectivity index (χ2n) is 4.47. The van der Waals surface area contributed by atoms with Crippen LogP contribution in [0.25, 0.3) is 11.1 Å². The van der Waals surface area contributed by atoms with E-state index in [4.69, 9.17) is 5.11 Å². The van der Waals surface area contributed by atoms with Gasteiger partial charge in [0.1, 0.15) is 0 Å². The van der Waals surface area contributed by atoms with Crippen molar-refractivity contribution in [3.63, 3.8) is 0 Å². The van der Waals surface area contributed by atoms with Gasteiger partial charge < -0.3 is 5.11 Å². The Morgan fingerprint density at radius 1 is 1.05 bits per heavy atom. The number of halogens is 3. The number of rotatable bonds is 2. The van der Waals surface area contributed by atoms with Crippen molar-refractivity contribution >= 4 is 5.97 Å². The number of hydrogen-bond acceptors (Lipinski definition) is 1. The van der Waals surface area contributed by atoms with E-state index in [1.807, 2.05) is 0 Å². The van der Waals surface area contributed by atoms with Crippen LogP contribution in [0.3, 0.4) is 0 Å². The minimum atomic E-state index is -4.42. The molecule has 0 aliphatic heterocycles. The summed E-state index contributed by atoms with van der Waals surface area (Å²) in [6.07, 6.45) is -4.42. The molecule has 0 heterocycles. The lowest BCUT2D eigenvalue weighted by Gasteiger charge is -2.10. The highest BCUT2D eigenvalue weighted by Gasteiger charge is 2.30. The largest absolute Gasteiger partial charge is 0.478 e. The first-order valence-electron chi connectivity index (χ1n) is 5.80. The van der Waals surface area contributed by atoms with Crippen LogP contribution in [0.2, 0.25) is 0 Å². The Labute approximate surface area is 113 Å². The Morgan fingerprint density at radius 3 is 2.35 bits per heavy atom. The predicted octanol–water partition coefficient (Wildman–Crippen LogP) is 4.38. The molecule has 2 aromatic carbocycles. The highest BCUT2D eigenvalue weighted by atomic mass is 19.4. The quantitative estimate of drug-likeness (QED) is 0.886. The van der Waals surface area contributed by atoms with Gasteiger partial charge in [-0.25, -0.2) is 4.79 Å². The minimum absolute atomic E-state index is 0.0532. The molecule has 2 aromatic rings. The molecule has 0 radical (unpaired) electrons. The summed E-state index contributed by atoms with van der Waals surface area (Å²) in [6.45, 7) is 1.70. The van der Waals surface area contributed by atoms with Crippen LogP contribution in [0.5, 0.6) is 0 Å². The van der Waals surface area contributed by atoms with Gasteiger partial charge in [0, 0.05) is 0 Å². The van der Waals surface area contributed by atoms with Gasteiger partial charge in [0.25, 0.3) is 0 Å². The minimum Gasteiger partial charge on any atom is -0.478 e. The van der Waals surface area contributed by atoms with Gasteiger partial charge in [0.15, 0.2) is 0 Å². The Bertz CT molecular complexity index is 660. The van der Waals surface area contributed by atoms with Gasteiger partial charge in [-0.05, 0) is 47.9 Å².